The van der Waals surface area contributed by atoms with Crippen molar-refractivity contribution in [3.8, 4) is 0 Å². The van der Waals surface area contributed by atoms with Gasteiger partial charge in [0.2, 0.25) is 0 Å². The molecule has 0 fully saturated rings. The van der Waals surface area contributed by atoms with Crippen LogP contribution in [0.3, 0.4) is 0 Å². The minimum Gasteiger partial charge on any atom is -0.383 e. The van der Waals surface area contributed by atoms with E-state index in [2.05, 4.69) is 9.97 Å². The van der Waals surface area contributed by atoms with Crippen molar-refractivity contribution in [1.82, 2.24) is 9.97 Å². The fourth-order valence-corrected chi connectivity index (χ4v) is 1.41. The Labute approximate surface area is 82.4 Å². The number of halogens is 3. The topological polar surface area (TPSA) is 46.0 Å². The van der Waals surface area contributed by atoms with E-state index in [9.17, 15) is 13.2 Å². The van der Waals surface area contributed by atoms with Crippen molar-refractivity contribution in [1.29, 1.82) is 0 Å². The summed E-state index contributed by atoms with van der Waals surface area (Å²) in [5.41, 5.74) is 0. The van der Waals surface area contributed by atoms with Crippen molar-refractivity contribution in [2.24, 2.45) is 0 Å². The summed E-state index contributed by atoms with van der Waals surface area (Å²) in [5, 5.41) is 9.01. The summed E-state index contributed by atoms with van der Waals surface area (Å²) in [6, 6.07) is 0. The molecule has 0 aliphatic rings. The van der Waals surface area contributed by atoms with Gasteiger partial charge in [0.1, 0.15) is 5.03 Å². The molecule has 1 rings (SSSR count). The number of hydrogen-bond acceptors (Lipinski definition) is 4. The van der Waals surface area contributed by atoms with E-state index in [4.69, 9.17) is 5.11 Å². The van der Waals surface area contributed by atoms with Crippen LogP contribution in [0.15, 0.2) is 23.6 Å². The van der Waals surface area contributed by atoms with Crippen LogP contribution in [0.5, 0.6) is 0 Å². The summed E-state index contributed by atoms with van der Waals surface area (Å²) in [6.07, 6.45) is -2.76. The molecule has 0 radical (unpaired) electrons. The van der Waals surface area contributed by atoms with Gasteiger partial charge in [-0.2, -0.15) is 13.2 Å². The lowest BCUT2D eigenvalue weighted by atomic mass is 10.4. The summed E-state index contributed by atoms with van der Waals surface area (Å²) in [4.78, 5) is 7.43. The molecule has 1 N–H and O–H groups in total. The zero-order chi connectivity index (χ0) is 10.6. The minimum absolute atomic E-state index is 0.357. The van der Waals surface area contributed by atoms with Gasteiger partial charge < -0.3 is 5.11 Å². The number of nitrogens with zero attached hydrogens (tertiary/aromatic N) is 2. The molecule has 1 aromatic heterocycles. The van der Waals surface area contributed by atoms with Gasteiger partial charge in [-0.05, 0) is 0 Å². The van der Waals surface area contributed by atoms with Crippen molar-refractivity contribution >= 4 is 11.8 Å². The Bertz CT molecular complexity index is 280. The molecule has 0 saturated heterocycles. The lowest BCUT2D eigenvalue weighted by Crippen LogP contribution is -2.30. The number of aliphatic hydroxyl groups excluding tert-OH is 1. The number of aromatic nitrogens is 2. The highest BCUT2D eigenvalue weighted by molar-refractivity contribution is 7.99. The lowest BCUT2D eigenvalue weighted by Gasteiger charge is -2.12. The van der Waals surface area contributed by atoms with Crippen molar-refractivity contribution in [2.45, 2.75) is 17.3 Å². The van der Waals surface area contributed by atoms with E-state index >= 15 is 0 Å². The Balaban J connectivity index is 2.42. The van der Waals surface area contributed by atoms with Crippen LogP contribution in [0, 0.1) is 0 Å². The van der Waals surface area contributed by atoms with Gasteiger partial charge in [-0.25, -0.2) is 4.98 Å². The van der Waals surface area contributed by atoms with E-state index in [-0.39, 0.29) is 0 Å². The normalized spacial score (nSPS) is 14.0. The molecule has 7 heteroatoms. The average Bonchev–Trinajstić information content (AvgIpc) is 2.14. The van der Waals surface area contributed by atoms with Gasteiger partial charge in [0.15, 0.2) is 6.10 Å². The largest absolute Gasteiger partial charge is 0.415 e. The van der Waals surface area contributed by atoms with Gasteiger partial charge in [-0.15, -0.1) is 11.8 Å². The maximum absolute atomic E-state index is 11.9. The van der Waals surface area contributed by atoms with Crippen LogP contribution in [-0.4, -0.2) is 33.1 Å². The van der Waals surface area contributed by atoms with Crippen molar-refractivity contribution < 1.29 is 18.3 Å². The smallest absolute Gasteiger partial charge is 0.383 e. The van der Waals surface area contributed by atoms with Gasteiger partial charge >= 0.3 is 6.18 Å². The highest BCUT2D eigenvalue weighted by Crippen LogP contribution is 2.25. The third-order valence-electron chi connectivity index (χ3n) is 1.31. The first-order valence-corrected chi connectivity index (χ1v) is 4.62. The lowest BCUT2D eigenvalue weighted by molar-refractivity contribution is -0.195. The number of thioether (sulfide) groups is 1. The Kier molecular flexibility index (Phi) is 3.70. The molecule has 14 heavy (non-hydrogen) atoms. The Hall–Kier alpha value is -0.820. The average molecular weight is 224 g/mol. The molecular formula is C7H7F3N2OS. The molecule has 78 valence electrons. The third kappa shape index (κ3) is 3.51. The molecule has 0 bridgehead atoms. The van der Waals surface area contributed by atoms with Crippen LogP contribution < -0.4 is 0 Å². The summed E-state index contributed by atoms with van der Waals surface area (Å²) in [5.74, 6) is -0.470. The molecule has 0 saturated carbocycles. The van der Waals surface area contributed by atoms with E-state index in [0.29, 0.717) is 5.03 Å². The number of rotatable bonds is 3. The highest BCUT2D eigenvalue weighted by atomic mass is 32.2. The van der Waals surface area contributed by atoms with Crippen LogP contribution in [0.1, 0.15) is 0 Å². The standard InChI is InChI=1S/C7H7F3N2OS/c8-7(9,10)5(13)4-14-6-3-11-1-2-12-6/h1-3,5,13H,4H2. The number of hydrogen-bond donors (Lipinski definition) is 1. The molecule has 0 spiro atoms. The Morgan fingerprint density at radius 1 is 1.43 bits per heavy atom. The van der Waals surface area contributed by atoms with Crippen LogP contribution in [0.25, 0.3) is 0 Å². The molecule has 1 heterocycles. The van der Waals surface area contributed by atoms with Crippen LogP contribution in [0.4, 0.5) is 13.2 Å². The molecule has 0 aromatic carbocycles. The van der Waals surface area contributed by atoms with Crippen LogP contribution in [-0.2, 0) is 0 Å². The first-order valence-electron chi connectivity index (χ1n) is 3.64. The molecule has 0 aliphatic carbocycles. The van der Waals surface area contributed by atoms with Crippen LogP contribution in [0.2, 0.25) is 0 Å². The summed E-state index contributed by atoms with van der Waals surface area (Å²) in [6.45, 7) is 0. The Morgan fingerprint density at radius 2 is 2.14 bits per heavy atom. The molecular weight excluding hydrogens is 217 g/mol. The Morgan fingerprint density at radius 3 is 2.64 bits per heavy atom. The molecule has 1 atom stereocenters. The summed E-state index contributed by atoms with van der Waals surface area (Å²) in [7, 11) is 0. The van der Waals surface area contributed by atoms with E-state index in [1.54, 1.807) is 0 Å². The van der Waals surface area contributed by atoms with Crippen LogP contribution >= 0.6 is 11.8 Å². The van der Waals surface area contributed by atoms with Crippen molar-refractivity contribution in [3.05, 3.63) is 18.6 Å². The highest BCUT2D eigenvalue weighted by Gasteiger charge is 2.37. The molecule has 1 unspecified atom stereocenters. The molecule has 1 aromatic rings. The predicted octanol–water partition coefficient (Wildman–Crippen LogP) is 1.49. The van der Waals surface area contributed by atoms with Gasteiger partial charge in [0, 0.05) is 18.1 Å². The quantitative estimate of drug-likeness (QED) is 0.790. The van der Waals surface area contributed by atoms with Crippen molar-refractivity contribution in [3.63, 3.8) is 0 Å². The first-order chi connectivity index (χ1) is 6.50. The summed E-state index contributed by atoms with van der Waals surface area (Å²) >= 11 is 0.812. The molecule has 0 amide bonds. The molecule has 0 aliphatic heterocycles. The van der Waals surface area contributed by atoms with Gasteiger partial charge in [0.25, 0.3) is 0 Å². The third-order valence-corrected chi connectivity index (χ3v) is 2.30. The molecule has 3 nitrogen and oxygen atoms in total. The maximum Gasteiger partial charge on any atom is 0.415 e. The number of alkyl halides is 3. The summed E-state index contributed by atoms with van der Waals surface area (Å²) < 4.78 is 35.6. The second-order valence-corrected chi connectivity index (χ2v) is 3.45. The van der Waals surface area contributed by atoms with Gasteiger partial charge in [-0.1, -0.05) is 0 Å². The van der Waals surface area contributed by atoms with E-state index < -0.39 is 18.0 Å². The van der Waals surface area contributed by atoms with E-state index in [1.165, 1.54) is 18.6 Å². The zero-order valence-electron chi connectivity index (χ0n) is 6.90. The maximum atomic E-state index is 11.9. The van der Waals surface area contributed by atoms with Gasteiger partial charge in [0.05, 0.1) is 6.20 Å². The second-order valence-electron chi connectivity index (χ2n) is 2.41. The predicted molar refractivity (Wildman–Crippen MR) is 44.8 cm³/mol. The fraction of sp³-hybridized carbons (Fsp3) is 0.429. The first kappa shape index (κ1) is 11.3. The number of aliphatic hydroxyl groups is 1. The van der Waals surface area contributed by atoms with E-state index in [0.717, 1.165) is 11.8 Å². The second kappa shape index (κ2) is 4.61. The zero-order valence-corrected chi connectivity index (χ0v) is 7.72. The van der Waals surface area contributed by atoms with E-state index in [1.807, 2.05) is 0 Å². The van der Waals surface area contributed by atoms with Gasteiger partial charge in [-0.3, -0.25) is 4.98 Å². The fourth-order valence-electron chi connectivity index (χ4n) is 0.619. The van der Waals surface area contributed by atoms with Crippen molar-refractivity contribution in [2.75, 3.05) is 5.75 Å². The monoisotopic (exact) mass is 224 g/mol. The minimum atomic E-state index is -4.57. The SMILES string of the molecule is OC(CSc1cnccn1)C(F)(F)F.